The van der Waals surface area contributed by atoms with Crippen LogP contribution in [0.4, 0.5) is 0 Å². The molecule has 0 radical (unpaired) electrons. The molecule has 1 aromatic rings. The van der Waals surface area contributed by atoms with Crippen LogP contribution in [0, 0.1) is 0 Å². The molecular weight excluding hydrogens is 356 g/mol. The number of Topliss-reactive ketones (excluding diaryl/α,β-unsaturated/α-hetero) is 1. The molecule has 1 aliphatic rings. The normalized spacial score (nSPS) is 17.7. The van der Waals surface area contributed by atoms with Gasteiger partial charge in [-0.25, -0.2) is 4.79 Å². The Bertz CT molecular complexity index is 720. The summed E-state index contributed by atoms with van der Waals surface area (Å²) in [5, 5.41) is 12.9. The molecule has 0 unspecified atom stereocenters. The van der Waals surface area contributed by atoms with Crippen LogP contribution >= 0.6 is 11.8 Å². The van der Waals surface area contributed by atoms with Crippen molar-refractivity contribution >= 4 is 35.3 Å². The van der Waals surface area contributed by atoms with Gasteiger partial charge in [0.2, 0.25) is 11.8 Å². The van der Waals surface area contributed by atoms with E-state index in [0.29, 0.717) is 6.42 Å². The summed E-state index contributed by atoms with van der Waals surface area (Å²) in [6, 6.07) is 7.62. The van der Waals surface area contributed by atoms with E-state index in [1.165, 1.54) is 22.9 Å². The van der Waals surface area contributed by atoms with E-state index in [-0.39, 0.29) is 24.1 Å². The van der Waals surface area contributed by atoms with Crippen LogP contribution in [0.3, 0.4) is 0 Å². The van der Waals surface area contributed by atoms with E-state index in [1.807, 2.05) is 6.92 Å². The lowest BCUT2D eigenvalue weighted by Gasteiger charge is -2.26. The molecule has 0 saturated heterocycles. The highest BCUT2D eigenvalue weighted by Crippen LogP contribution is 2.23. The Hall–Kier alpha value is -2.61. The van der Waals surface area contributed by atoms with Crippen LogP contribution in [0.2, 0.25) is 0 Å². The van der Waals surface area contributed by atoms with Gasteiger partial charge in [0, 0.05) is 12.6 Å². The average molecular weight is 376 g/mol. The van der Waals surface area contributed by atoms with Crippen molar-refractivity contribution in [2.24, 2.45) is 0 Å². The first-order valence-electron chi connectivity index (χ1n) is 8.15. The second-order valence-corrected chi connectivity index (χ2v) is 6.88. The number of hydrogen-bond acceptors (Lipinski definition) is 5. The minimum absolute atomic E-state index is 0.0644. The fourth-order valence-electron chi connectivity index (χ4n) is 2.52. The van der Waals surface area contributed by atoms with Crippen LogP contribution in [-0.4, -0.2) is 51.4 Å². The van der Waals surface area contributed by atoms with Crippen molar-refractivity contribution in [1.29, 1.82) is 0 Å². The summed E-state index contributed by atoms with van der Waals surface area (Å²) in [7, 11) is 0. The lowest BCUT2D eigenvalue weighted by atomic mass is 10.0. The summed E-state index contributed by atoms with van der Waals surface area (Å²) in [4.78, 5) is 48.8. The first kappa shape index (κ1) is 19.7. The molecule has 0 aliphatic carbocycles. The second kappa shape index (κ2) is 9.19. The minimum atomic E-state index is -1.61. The van der Waals surface area contributed by atoms with Gasteiger partial charge < -0.3 is 15.3 Å². The molecule has 0 fully saturated rings. The molecule has 0 spiro atoms. The van der Waals surface area contributed by atoms with E-state index in [1.54, 1.807) is 35.7 Å². The third kappa shape index (κ3) is 5.19. The van der Waals surface area contributed by atoms with Gasteiger partial charge in [-0.2, -0.15) is 0 Å². The Morgan fingerprint density at radius 2 is 1.96 bits per heavy atom. The molecule has 2 N–H and O–H groups in total. The average Bonchev–Trinajstić information content (AvgIpc) is 2.63. The lowest BCUT2D eigenvalue weighted by Crippen LogP contribution is -2.49. The monoisotopic (exact) mass is 376 g/mol. The molecule has 1 aromatic carbocycles. The third-order valence-corrected chi connectivity index (χ3v) is 5.01. The number of carbonyl (C=O) groups excluding carboxylic acids is 3. The van der Waals surface area contributed by atoms with Crippen LogP contribution < -0.4 is 5.32 Å². The second-order valence-electron chi connectivity index (χ2n) is 5.76. The summed E-state index contributed by atoms with van der Waals surface area (Å²) in [5.74, 6) is -3.47. The highest BCUT2D eigenvalue weighted by molar-refractivity contribution is 8.03. The molecule has 1 aliphatic heterocycles. The van der Waals surface area contributed by atoms with E-state index in [4.69, 9.17) is 5.11 Å². The number of carbonyl (C=O) groups is 4. The number of amides is 2. The van der Waals surface area contributed by atoms with Crippen LogP contribution in [0.1, 0.15) is 18.9 Å². The number of nitrogens with zero attached hydrogens (tertiary/aromatic N) is 1. The number of carboxylic acid groups (broad SMARTS) is 1. The van der Waals surface area contributed by atoms with Crippen molar-refractivity contribution in [2.45, 2.75) is 31.1 Å². The number of hydrogen-bond donors (Lipinski definition) is 2. The van der Waals surface area contributed by atoms with E-state index in [0.717, 1.165) is 5.56 Å². The van der Waals surface area contributed by atoms with Crippen LogP contribution in [0.25, 0.3) is 0 Å². The first-order chi connectivity index (χ1) is 12.4. The number of benzene rings is 1. The predicted octanol–water partition coefficient (Wildman–Crippen LogP) is 1.19. The van der Waals surface area contributed by atoms with E-state index in [9.17, 15) is 19.2 Å². The van der Waals surface area contributed by atoms with E-state index in [2.05, 4.69) is 5.32 Å². The van der Waals surface area contributed by atoms with Crippen LogP contribution in [-0.2, 0) is 25.6 Å². The molecule has 0 aromatic heterocycles. The van der Waals surface area contributed by atoms with Crippen LogP contribution in [0.15, 0.2) is 41.9 Å². The number of nitrogens with one attached hydrogen (secondary N) is 1. The number of rotatable bonds is 8. The maximum absolute atomic E-state index is 12.3. The number of aliphatic carboxylic acids is 1. The molecule has 138 valence electrons. The highest BCUT2D eigenvalue weighted by atomic mass is 32.2. The SMILES string of the molecule is CC[C@@H]1SC=CN(CC(=O)N[C@@H](Cc2ccccc2)C(=O)C(=O)O)C1=O. The number of thioether (sulfide) groups is 1. The van der Waals surface area contributed by atoms with Crippen molar-refractivity contribution in [3.63, 3.8) is 0 Å². The molecule has 8 heteroatoms. The molecule has 7 nitrogen and oxygen atoms in total. The topological polar surface area (TPSA) is 104 Å². The summed E-state index contributed by atoms with van der Waals surface area (Å²) in [6.45, 7) is 1.62. The van der Waals surface area contributed by atoms with Crippen LogP contribution in [0.5, 0.6) is 0 Å². The van der Waals surface area contributed by atoms with Crippen molar-refractivity contribution in [2.75, 3.05) is 6.54 Å². The highest BCUT2D eigenvalue weighted by Gasteiger charge is 2.30. The molecule has 2 rings (SSSR count). The summed E-state index contributed by atoms with van der Waals surface area (Å²) in [6.07, 6.45) is 2.22. The maximum Gasteiger partial charge on any atom is 0.374 e. The largest absolute Gasteiger partial charge is 0.475 e. The van der Waals surface area contributed by atoms with E-state index < -0.39 is 23.7 Å². The van der Waals surface area contributed by atoms with Gasteiger partial charge >= 0.3 is 5.97 Å². The fourth-order valence-corrected chi connectivity index (χ4v) is 3.38. The van der Waals surface area contributed by atoms with Gasteiger partial charge in [0.15, 0.2) is 0 Å². The number of ketones is 1. The summed E-state index contributed by atoms with van der Waals surface area (Å²) >= 11 is 1.39. The Labute approximate surface area is 155 Å². The Balaban J connectivity index is 2.05. The van der Waals surface area contributed by atoms with Gasteiger partial charge in [0.25, 0.3) is 5.78 Å². The zero-order chi connectivity index (χ0) is 19.1. The molecule has 0 saturated carbocycles. The van der Waals surface area contributed by atoms with Gasteiger partial charge in [-0.05, 0) is 17.4 Å². The molecule has 2 amide bonds. The molecular formula is C18H20N2O5S. The first-order valence-corrected chi connectivity index (χ1v) is 9.09. The fraction of sp³-hybridized carbons (Fsp3) is 0.333. The van der Waals surface area contributed by atoms with Gasteiger partial charge in [0.05, 0.1) is 5.25 Å². The predicted molar refractivity (Wildman–Crippen MR) is 97.2 cm³/mol. The quantitative estimate of drug-likeness (QED) is 0.661. The van der Waals surface area contributed by atoms with Gasteiger partial charge in [-0.3, -0.25) is 14.4 Å². The summed E-state index contributed by atoms with van der Waals surface area (Å²) < 4.78 is 0. The third-order valence-electron chi connectivity index (χ3n) is 3.87. The van der Waals surface area contributed by atoms with Crippen molar-refractivity contribution < 1.29 is 24.3 Å². The standard InChI is InChI=1S/C18H20N2O5S/c1-2-14-17(23)20(8-9-26-14)11-15(21)19-13(16(22)18(24)25)10-12-6-4-3-5-7-12/h3-9,13-14H,2,10-11H2,1H3,(H,19,21)(H,24,25)/t13-,14-/m0/s1. The van der Waals surface area contributed by atoms with Crippen molar-refractivity contribution in [3.8, 4) is 0 Å². The molecule has 1 heterocycles. The lowest BCUT2D eigenvalue weighted by molar-refractivity contribution is -0.150. The molecule has 0 bridgehead atoms. The summed E-state index contributed by atoms with van der Waals surface area (Å²) in [5.41, 5.74) is 0.726. The minimum Gasteiger partial charge on any atom is -0.475 e. The number of carboxylic acids is 1. The van der Waals surface area contributed by atoms with Crippen molar-refractivity contribution in [3.05, 3.63) is 47.5 Å². The van der Waals surface area contributed by atoms with Crippen molar-refractivity contribution in [1.82, 2.24) is 10.2 Å². The smallest absolute Gasteiger partial charge is 0.374 e. The Morgan fingerprint density at radius 3 is 2.58 bits per heavy atom. The van der Waals surface area contributed by atoms with Gasteiger partial charge in [-0.1, -0.05) is 37.3 Å². The van der Waals surface area contributed by atoms with Gasteiger partial charge in [0.1, 0.15) is 12.6 Å². The Kier molecular flexibility index (Phi) is 6.97. The zero-order valence-corrected chi connectivity index (χ0v) is 15.1. The van der Waals surface area contributed by atoms with Gasteiger partial charge in [-0.15, -0.1) is 11.8 Å². The maximum atomic E-state index is 12.3. The molecule has 26 heavy (non-hydrogen) atoms. The molecule has 2 atom stereocenters. The Morgan fingerprint density at radius 1 is 1.27 bits per heavy atom. The van der Waals surface area contributed by atoms with E-state index >= 15 is 0 Å². The zero-order valence-electron chi connectivity index (χ0n) is 14.3.